The highest BCUT2D eigenvalue weighted by Crippen LogP contribution is 2.40. The van der Waals surface area contributed by atoms with E-state index in [9.17, 15) is 19.5 Å². The minimum Gasteiger partial charge on any atom is -0.507 e. The van der Waals surface area contributed by atoms with Gasteiger partial charge in [-0.05, 0) is 23.8 Å². The number of carbonyl (C=O) groups excluding carboxylic acids is 3. The highest BCUT2D eigenvalue weighted by Gasteiger charge is 2.46. The number of fused-ring (bicyclic) bond motifs is 2. The highest BCUT2D eigenvalue weighted by atomic mass is 16.5. The molecule has 0 unspecified atom stereocenters. The average molecular weight is 354 g/mol. The third kappa shape index (κ3) is 1.92. The van der Waals surface area contributed by atoms with Gasteiger partial charge in [0, 0.05) is 0 Å². The summed E-state index contributed by atoms with van der Waals surface area (Å²) in [5.74, 6) is -1.63. The topological polar surface area (TPSA) is 96.4 Å². The molecule has 2 aliphatic heterocycles. The largest absolute Gasteiger partial charge is 0.507 e. The summed E-state index contributed by atoms with van der Waals surface area (Å²) in [4.78, 5) is 38.3. The second kappa shape index (κ2) is 5.48. The fourth-order valence-electron chi connectivity index (χ4n) is 3.33. The molecule has 132 valence electrons. The fourth-order valence-corrected chi connectivity index (χ4v) is 3.33. The number of rotatable bonds is 3. The zero-order chi connectivity index (χ0) is 18.6. The Morgan fingerprint density at radius 2 is 1.69 bits per heavy atom. The Bertz CT molecular complexity index is 984. The van der Waals surface area contributed by atoms with Gasteiger partial charge in [0.15, 0.2) is 11.5 Å². The number of carbonyl (C=O) groups is 3. The monoisotopic (exact) mass is 354 g/mol. The summed E-state index contributed by atoms with van der Waals surface area (Å²) >= 11 is 0. The van der Waals surface area contributed by atoms with Gasteiger partial charge in [-0.25, -0.2) is 5.01 Å². The third-order valence-corrected chi connectivity index (χ3v) is 4.51. The highest BCUT2D eigenvalue weighted by molar-refractivity contribution is 6.23. The van der Waals surface area contributed by atoms with Gasteiger partial charge in [-0.2, -0.15) is 5.01 Å². The molecule has 4 rings (SSSR count). The Hall–Kier alpha value is -3.55. The first-order valence-electron chi connectivity index (χ1n) is 7.76. The van der Waals surface area contributed by atoms with Crippen LogP contribution in [-0.2, 0) is 6.54 Å². The van der Waals surface area contributed by atoms with Crippen molar-refractivity contribution in [3.05, 3.63) is 52.6 Å². The SMILES string of the molecule is COc1ccc2c(c1OC)C(=O)N(N1C(=O)c3cccc(O)c3C1=O)C2. The molecule has 0 saturated heterocycles. The van der Waals surface area contributed by atoms with Gasteiger partial charge in [-0.1, -0.05) is 12.1 Å². The van der Waals surface area contributed by atoms with E-state index in [4.69, 9.17) is 9.47 Å². The Morgan fingerprint density at radius 3 is 2.35 bits per heavy atom. The number of phenolic OH excluding ortho intramolecular Hbond substituents is 1. The maximum Gasteiger partial charge on any atom is 0.284 e. The van der Waals surface area contributed by atoms with Crippen molar-refractivity contribution in [1.82, 2.24) is 10.0 Å². The Balaban J connectivity index is 1.78. The molecule has 2 heterocycles. The van der Waals surface area contributed by atoms with Crippen molar-refractivity contribution in [3.8, 4) is 17.2 Å². The van der Waals surface area contributed by atoms with Gasteiger partial charge >= 0.3 is 0 Å². The van der Waals surface area contributed by atoms with Crippen LogP contribution in [0.25, 0.3) is 0 Å². The van der Waals surface area contributed by atoms with E-state index in [1.807, 2.05) is 0 Å². The molecule has 0 bridgehead atoms. The lowest BCUT2D eigenvalue weighted by molar-refractivity contribution is 0.00470. The number of hydrazine groups is 1. The molecular weight excluding hydrogens is 340 g/mol. The first-order valence-corrected chi connectivity index (χ1v) is 7.76. The minimum absolute atomic E-state index is 0.0285. The average Bonchev–Trinajstić information content (AvgIpc) is 3.09. The van der Waals surface area contributed by atoms with E-state index >= 15 is 0 Å². The lowest BCUT2D eigenvalue weighted by atomic mass is 10.1. The molecule has 0 spiro atoms. The van der Waals surface area contributed by atoms with E-state index in [2.05, 4.69) is 0 Å². The van der Waals surface area contributed by atoms with Crippen LogP contribution in [0.1, 0.15) is 36.6 Å². The quantitative estimate of drug-likeness (QED) is 0.841. The summed E-state index contributed by atoms with van der Waals surface area (Å²) < 4.78 is 10.5. The molecule has 0 atom stereocenters. The number of ether oxygens (including phenoxy) is 2. The zero-order valence-corrected chi connectivity index (χ0v) is 14.0. The Labute approximate surface area is 148 Å². The van der Waals surface area contributed by atoms with Crippen LogP contribution in [0.2, 0.25) is 0 Å². The number of aromatic hydroxyl groups is 1. The van der Waals surface area contributed by atoms with Crippen LogP contribution in [0.15, 0.2) is 30.3 Å². The first-order chi connectivity index (χ1) is 12.5. The summed E-state index contributed by atoms with van der Waals surface area (Å²) in [5, 5.41) is 11.7. The zero-order valence-electron chi connectivity index (χ0n) is 14.0. The van der Waals surface area contributed by atoms with E-state index in [0.717, 1.165) is 10.0 Å². The van der Waals surface area contributed by atoms with Crippen LogP contribution >= 0.6 is 0 Å². The van der Waals surface area contributed by atoms with Gasteiger partial charge in [0.25, 0.3) is 17.7 Å². The van der Waals surface area contributed by atoms with Crippen molar-refractivity contribution in [2.75, 3.05) is 14.2 Å². The lowest BCUT2D eigenvalue weighted by Crippen LogP contribution is -2.46. The first kappa shape index (κ1) is 15.9. The van der Waals surface area contributed by atoms with Gasteiger partial charge in [0.1, 0.15) is 5.75 Å². The number of benzene rings is 2. The van der Waals surface area contributed by atoms with E-state index in [1.165, 1.54) is 32.4 Å². The molecule has 2 aromatic carbocycles. The molecule has 0 saturated carbocycles. The maximum atomic E-state index is 12.9. The summed E-state index contributed by atoms with van der Waals surface area (Å²) in [7, 11) is 2.86. The lowest BCUT2D eigenvalue weighted by Gasteiger charge is -2.25. The third-order valence-electron chi connectivity index (χ3n) is 4.51. The second-order valence-electron chi connectivity index (χ2n) is 5.82. The number of methoxy groups -OCH3 is 2. The predicted molar refractivity (Wildman–Crippen MR) is 88.0 cm³/mol. The number of hydrogen-bond donors (Lipinski definition) is 1. The van der Waals surface area contributed by atoms with Crippen molar-refractivity contribution in [3.63, 3.8) is 0 Å². The maximum absolute atomic E-state index is 12.9. The standard InChI is InChI=1S/C18H14N2O6/c1-25-12-7-6-9-8-19(17(23)13(9)15(12)26-2)20-16(22)10-4-3-5-11(21)14(10)18(20)24/h3-7,21H,8H2,1-2H3. The second-order valence-corrected chi connectivity index (χ2v) is 5.82. The summed E-state index contributed by atoms with van der Waals surface area (Å²) in [5.41, 5.74) is 0.801. The molecule has 2 aliphatic rings. The van der Waals surface area contributed by atoms with Crippen LogP contribution < -0.4 is 9.47 Å². The molecule has 8 nitrogen and oxygen atoms in total. The van der Waals surface area contributed by atoms with Crippen LogP contribution in [0.3, 0.4) is 0 Å². The molecule has 0 aromatic heterocycles. The molecule has 2 aromatic rings. The predicted octanol–water partition coefficient (Wildman–Crippen LogP) is 1.58. The van der Waals surface area contributed by atoms with Gasteiger partial charge < -0.3 is 14.6 Å². The van der Waals surface area contributed by atoms with Crippen molar-refractivity contribution < 1.29 is 29.0 Å². The van der Waals surface area contributed by atoms with Gasteiger partial charge in [-0.15, -0.1) is 0 Å². The van der Waals surface area contributed by atoms with Crippen molar-refractivity contribution in [1.29, 1.82) is 0 Å². The van der Waals surface area contributed by atoms with Crippen LogP contribution in [0.5, 0.6) is 17.2 Å². The normalized spacial score (nSPS) is 15.4. The van der Waals surface area contributed by atoms with E-state index < -0.39 is 17.7 Å². The molecule has 0 fully saturated rings. The molecule has 0 aliphatic carbocycles. The summed E-state index contributed by atoms with van der Waals surface area (Å²) in [6.45, 7) is 0.0285. The molecule has 0 radical (unpaired) electrons. The number of amides is 3. The smallest absolute Gasteiger partial charge is 0.284 e. The van der Waals surface area contributed by atoms with E-state index in [-0.39, 0.29) is 34.7 Å². The van der Waals surface area contributed by atoms with Crippen LogP contribution in [0.4, 0.5) is 0 Å². The van der Waals surface area contributed by atoms with Gasteiger partial charge in [0.05, 0.1) is 37.5 Å². The summed E-state index contributed by atoms with van der Waals surface area (Å²) in [6.07, 6.45) is 0. The minimum atomic E-state index is -0.741. The van der Waals surface area contributed by atoms with Crippen LogP contribution in [0, 0.1) is 0 Å². The molecule has 8 heteroatoms. The Kier molecular flexibility index (Phi) is 3.36. The van der Waals surface area contributed by atoms with Gasteiger partial charge in [0.2, 0.25) is 0 Å². The molecule has 1 N–H and O–H groups in total. The van der Waals surface area contributed by atoms with Crippen molar-refractivity contribution in [2.45, 2.75) is 6.54 Å². The number of imide groups is 1. The van der Waals surface area contributed by atoms with Crippen molar-refractivity contribution >= 4 is 17.7 Å². The van der Waals surface area contributed by atoms with E-state index in [1.54, 1.807) is 12.1 Å². The van der Waals surface area contributed by atoms with E-state index in [0.29, 0.717) is 11.3 Å². The molecule has 3 amide bonds. The number of phenols is 1. The summed E-state index contributed by atoms with van der Waals surface area (Å²) in [6, 6.07) is 7.57. The van der Waals surface area contributed by atoms with Crippen molar-refractivity contribution in [2.24, 2.45) is 0 Å². The van der Waals surface area contributed by atoms with Gasteiger partial charge in [-0.3, -0.25) is 14.4 Å². The molecule has 26 heavy (non-hydrogen) atoms. The fraction of sp³-hybridized carbons (Fsp3) is 0.167. The number of hydrogen-bond acceptors (Lipinski definition) is 6. The van der Waals surface area contributed by atoms with Crippen LogP contribution in [-0.4, -0.2) is 47.1 Å². The Morgan fingerprint density at radius 1 is 0.923 bits per heavy atom. The number of nitrogens with zero attached hydrogens (tertiary/aromatic N) is 2. The molecular formula is C18H14N2O6.